The Bertz CT molecular complexity index is 2930. The molecule has 0 unspecified atom stereocenters. The lowest BCUT2D eigenvalue weighted by molar-refractivity contribution is -0.0445. The predicted molar refractivity (Wildman–Crippen MR) is 175 cm³/mol. The molecule has 0 aromatic heterocycles. The molecule has 24 heteroatoms. The van der Waals surface area contributed by atoms with Crippen LogP contribution in [-0.4, -0.2) is 33.4 Å². The number of hydrogen-bond acceptors (Lipinski definition) is 7. The summed E-state index contributed by atoms with van der Waals surface area (Å²) >= 11 is -1.06. The van der Waals surface area contributed by atoms with Crippen LogP contribution in [0, 0.1) is 59.1 Å². The zero-order valence-corrected chi connectivity index (χ0v) is 30.2. The molecule has 0 saturated heterocycles. The number of benzene rings is 3. The molecule has 300 valence electrons. The number of nitrogens with zero attached hydrogens (tertiary/aromatic N) is 4. The van der Waals surface area contributed by atoms with Gasteiger partial charge in [0.2, 0.25) is 0 Å². The minimum atomic E-state index is -6.78. The van der Waals surface area contributed by atoms with Gasteiger partial charge in [0.1, 0.15) is 63.9 Å². The van der Waals surface area contributed by atoms with E-state index in [1.54, 1.807) is 0 Å². The number of sulfone groups is 2. The van der Waals surface area contributed by atoms with Crippen LogP contribution in [0.1, 0.15) is 18.1 Å². The first-order valence-corrected chi connectivity index (χ1v) is 18.7. The van der Waals surface area contributed by atoms with Crippen LogP contribution >= 0.6 is 11.8 Å². The Balaban J connectivity index is 2.16. The van der Waals surface area contributed by atoms with Crippen LogP contribution in [0.5, 0.6) is 0 Å². The molecule has 0 aliphatic heterocycles. The second-order valence-electron chi connectivity index (χ2n) is 11.9. The van der Waals surface area contributed by atoms with Crippen molar-refractivity contribution in [3.63, 3.8) is 0 Å². The second kappa shape index (κ2) is 14.2. The van der Waals surface area contributed by atoms with E-state index in [0.29, 0.717) is 0 Å². The smallest absolute Gasteiger partial charge is 0.214 e. The standard InChI is InChI=1S/C34H11F13N4O4S3/c1-12-16(31(50-2)51-3)8-18-24(12)25(13-4-20(35)29(21(36)5-13)57(52,53)33(42,43)44)19-9-17(15(10-48)11-49)28(56-32(39,40)41)27(19)26(18)14-6-22(37)30(23(38)7-14)58(54,55)34(45,46)47/h4-7H,8-9H2,1H3. The van der Waals surface area contributed by atoms with Crippen molar-refractivity contribution in [2.75, 3.05) is 0 Å². The van der Waals surface area contributed by atoms with Gasteiger partial charge in [-0.25, -0.2) is 34.4 Å². The number of allylic oxidation sites excluding steroid dienone is 2. The third-order valence-corrected chi connectivity index (χ3v) is 12.6. The van der Waals surface area contributed by atoms with Crippen LogP contribution in [0.4, 0.5) is 57.1 Å². The summed E-state index contributed by atoms with van der Waals surface area (Å²) in [6, 6.07) is 2.67. The van der Waals surface area contributed by atoms with E-state index < -0.39 is 160 Å². The molecule has 0 atom stereocenters. The van der Waals surface area contributed by atoms with Gasteiger partial charge in [-0.05, 0) is 99.1 Å². The highest BCUT2D eigenvalue weighted by molar-refractivity contribution is 8.09. The van der Waals surface area contributed by atoms with Crippen molar-refractivity contribution in [2.45, 2.75) is 46.1 Å². The average molecular weight is 883 g/mol. The maximum Gasteiger partial charge on any atom is 0.523 e. The van der Waals surface area contributed by atoms with E-state index in [1.165, 1.54) is 12.1 Å². The van der Waals surface area contributed by atoms with Crippen LogP contribution in [0.15, 0.2) is 56.6 Å². The number of fused-ring (bicyclic) bond motifs is 2. The largest absolute Gasteiger partial charge is 0.523 e. The fourth-order valence-corrected chi connectivity index (χ4v) is 9.11. The van der Waals surface area contributed by atoms with Gasteiger partial charge in [-0.15, -0.1) is 0 Å². The van der Waals surface area contributed by atoms with Gasteiger partial charge < -0.3 is 0 Å². The van der Waals surface area contributed by atoms with Crippen LogP contribution in [0.25, 0.3) is 42.4 Å². The van der Waals surface area contributed by atoms with Gasteiger partial charge in [-0.3, -0.25) is 0 Å². The third-order valence-electron chi connectivity index (χ3n) is 8.69. The molecule has 0 heterocycles. The van der Waals surface area contributed by atoms with E-state index in [4.69, 9.17) is 13.1 Å². The Morgan fingerprint density at radius 2 is 1.03 bits per heavy atom. The van der Waals surface area contributed by atoms with E-state index in [9.17, 15) is 66.9 Å². The van der Waals surface area contributed by atoms with E-state index in [2.05, 4.69) is 9.69 Å². The summed E-state index contributed by atoms with van der Waals surface area (Å²) in [6.07, 6.45) is -1.84. The highest BCUT2D eigenvalue weighted by atomic mass is 32.2. The number of halogens is 13. The topological polar surface area (TPSA) is 125 Å². The summed E-state index contributed by atoms with van der Waals surface area (Å²) < 4.78 is 234. The molecule has 0 fully saturated rings. The minimum absolute atomic E-state index is 0.0256. The zero-order chi connectivity index (χ0) is 43.8. The highest BCUT2D eigenvalue weighted by Gasteiger charge is 2.51. The molecule has 5 rings (SSSR count). The van der Waals surface area contributed by atoms with Crippen molar-refractivity contribution in [1.29, 1.82) is 10.5 Å². The summed E-state index contributed by atoms with van der Waals surface area (Å²) in [6.45, 7) is 16.0. The van der Waals surface area contributed by atoms with Crippen molar-refractivity contribution in [2.24, 2.45) is 0 Å². The molecule has 0 N–H and O–H groups in total. The molecule has 2 aliphatic carbocycles. The molecule has 0 saturated carbocycles. The fraction of sp³-hybridized carbons (Fsp3) is 0.176. The summed E-state index contributed by atoms with van der Waals surface area (Å²) in [5.74, 6) is -10.4. The first kappa shape index (κ1) is 43.3. The van der Waals surface area contributed by atoms with Crippen molar-refractivity contribution >= 4 is 41.9 Å². The Hall–Kier alpha value is -5.82. The molecular formula is C34H11F13N4O4S3. The van der Waals surface area contributed by atoms with Crippen molar-refractivity contribution in [1.82, 2.24) is 0 Å². The number of rotatable bonds is 5. The second-order valence-corrected chi connectivity index (χ2v) is 16.7. The average Bonchev–Trinajstić information content (AvgIpc) is 3.59. The molecule has 0 amide bonds. The molecule has 3 aromatic rings. The summed E-state index contributed by atoms with van der Waals surface area (Å²) in [4.78, 5) is -0.0966. The molecular weight excluding hydrogens is 872 g/mol. The Morgan fingerprint density at radius 1 is 0.672 bits per heavy atom. The first-order chi connectivity index (χ1) is 26.6. The molecule has 3 aromatic carbocycles. The monoisotopic (exact) mass is 882 g/mol. The highest BCUT2D eigenvalue weighted by Crippen LogP contribution is 2.48. The molecule has 0 radical (unpaired) electrons. The number of hydrogen-bond donors (Lipinski definition) is 0. The number of nitriles is 2. The van der Waals surface area contributed by atoms with Gasteiger partial charge in [0, 0.05) is 16.5 Å². The van der Waals surface area contributed by atoms with Gasteiger partial charge in [-0.2, -0.15) is 59.7 Å². The lowest BCUT2D eigenvalue weighted by Gasteiger charge is -2.19. The van der Waals surface area contributed by atoms with Gasteiger partial charge in [0.25, 0.3) is 19.7 Å². The molecule has 8 nitrogen and oxygen atoms in total. The van der Waals surface area contributed by atoms with Crippen LogP contribution in [-0.2, 0) is 32.5 Å². The van der Waals surface area contributed by atoms with E-state index in [0.717, 1.165) is 6.92 Å². The normalized spacial score (nSPS) is 14.4. The maximum atomic E-state index is 15.5. The van der Waals surface area contributed by atoms with E-state index in [-0.39, 0.29) is 35.4 Å². The third kappa shape index (κ3) is 6.84. The summed E-state index contributed by atoms with van der Waals surface area (Å²) in [5.41, 5.74) is -24.9. The Morgan fingerprint density at radius 3 is 1.38 bits per heavy atom. The van der Waals surface area contributed by atoms with Gasteiger partial charge in [0.15, 0.2) is 0 Å². The van der Waals surface area contributed by atoms with E-state index >= 15 is 17.6 Å². The quantitative estimate of drug-likeness (QED) is 0.144. The van der Waals surface area contributed by atoms with Crippen LogP contribution in [0.2, 0.25) is 0 Å². The first-order valence-electron chi connectivity index (χ1n) is 14.9. The number of alkyl halides is 9. The maximum absolute atomic E-state index is 15.5. The lowest BCUT2D eigenvalue weighted by atomic mass is 9.87. The van der Waals surface area contributed by atoms with Gasteiger partial charge in [-0.1, -0.05) is 0 Å². The summed E-state index contributed by atoms with van der Waals surface area (Å²) in [5, 5.41) is 18.1. The predicted octanol–water partition coefficient (Wildman–Crippen LogP) is 8.20. The molecule has 0 bridgehead atoms. The van der Waals surface area contributed by atoms with Gasteiger partial charge in [0.05, 0.1) is 5.57 Å². The number of thioether (sulfide) groups is 1. The fourth-order valence-electron chi connectivity index (χ4n) is 6.53. The van der Waals surface area contributed by atoms with E-state index in [1.807, 2.05) is 0 Å². The molecule has 58 heavy (non-hydrogen) atoms. The zero-order valence-electron chi connectivity index (χ0n) is 27.8. The van der Waals surface area contributed by atoms with Crippen molar-refractivity contribution in [3.8, 4) is 34.4 Å². The Kier molecular flexibility index (Phi) is 10.6. The lowest BCUT2D eigenvalue weighted by Crippen LogP contribution is -2.27. The van der Waals surface area contributed by atoms with Crippen LogP contribution < -0.4 is 10.4 Å². The van der Waals surface area contributed by atoms with Crippen LogP contribution in [0.3, 0.4) is 0 Å². The SMILES string of the molecule is [C-]#[N+]C([N+]#[C-])=C1Cc2c(-c3cc(F)c(S(=O)(=O)C(F)(F)F)c(F)c3)c3c(c(-c4cc(F)c(S(=O)(=O)C(F)(F)F)c(F)c4)c2=C1C)CC(=C(C#N)C#N)C=3SC(F)(F)F. The molecule has 0 spiro atoms. The van der Waals surface area contributed by atoms with Gasteiger partial charge >= 0.3 is 22.3 Å². The minimum Gasteiger partial charge on any atom is -0.214 e. The molecule has 2 aliphatic rings. The van der Waals surface area contributed by atoms with Crippen molar-refractivity contribution in [3.05, 3.63) is 114 Å². The Labute approximate surface area is 320 Å². The summed E-state index contributed by atoms with van der Waals surface area (Å²) in [7, 11) is -13.5. The van der Waals surface area contributed by atoms with Crippen molar-refractivity contribution < 1.29 is 73.9 Å².